The number of carbonyl (C=O) groups excluding carboxylic acids is 1. The number of amides is 1. The van der Waals surface area contributed by atoms with Gasteiger partial charge in [0.2, 0.25) is 5.91 Å². The Labute approximate surface area is 180 Å². The number of halogens is 1. The zero-order valence-corrected chi connectivity index (χ0v) is 18.5. The molecule has 2 aromatic heterocycles. The first-order chi connectivity index (χ1) is 14.6. The molecule has 0 aliphatic carbocycles. The molecule has 0 fully saturated rings. The Bertz CT molecular complexity index is 995. The van der Waals surface area contributed by atoms with Gasteiger partial charge in [0.1, 0.15) is 23.7 Å². The summed E-state index contributed by atoms with van der Waals surface area (Å²) in [5, 5.41) is 7.37. The normalized spacial score (nSPS) is 15.1. The molecule has 1 amide bonds. The summed E-state index contributed by atoms with van der Waals surface area (Å²) in [6.07, 6.45) is 10.4. The van der Waals surface area contributed by atoms with E-state index in [4.69, 9.17) is 0 Å². The zero-order chi connectivity index (χ0) is 21.5. The molecule has 3 heterocycles. The zero-order valence-electron chi connectivity index (χ0n) is 17.7. The number of nitrogens with zero attached hydrogens (tertiary/aromatic N) is 3. The lowest BCUT2D eigenvalue weighted by atomic mass is 10.0. The first-order valence-corrected chi connectivity index (χ1v) is 10.9. The predicted octanol–water partition coefficient (Wildman–Crippen LogP) is 3.97. The smallest absolute Gasteiger partial charge is 0.246 e. The van der Waals surface area contributed by atoms with Crippen LogP contribution in [0.25, 0.3) is 10.2 Å². The van der Waals surface area contributed by atoms with E-state index in [-0.39, 0.29) is 5.91 Å². The Balaban J connectivity index is 1.89. The molecule has 0 unspecified atom stereocenters. The Kier molecular flexibility index (Phi) is 7.70. The fourth-order valence-electron chi connectivity index (χ4n) is 3.40. The first kappa shape index (κ1) is 22.1. The van der Waals surface area contributed by atoms with Crippen molar-refractivity contribution in [3.05, 3.63) is 52.3 Å². The van der Waals surface area contributed by atoms with Gasteiger partial charge in [0.15, 0.2) is 0 Å². The fraction of sp³-hybridized carbons (Fsp3) is 0.409. The van der Waals surface area contributed by atoms with Crippen LogP contribution in [0, 0.1) is 0 Å². The molecule has 0 bridgehead atoms. The number of anilines is 1. The second kappa shape index (κ2) is 10.4. The highest BCUT2D eigenvalue weighted by atomic mass is 32.1. The van der Waals surface area contributed by atoms with Crippen LogP contribution in [0.5, 0.6) is 0 Å². The average molecular weight is 430 g/mol. The number of allylic oxidation sites excluding steroid dienone is 3. The van der Waals surface area contributed by atoms with Gasteiger partial charge >= 0.3 is 0 Å². The van der Waals surface area contributed by atoms with E-state index in [1.165, 1.54) is 5.56 Å². The van der Waals surface area contributed by atoms with Crippen molar-refractivity contribution in [2.45, 2.75) is 33.2 Å². The standard InChI is InChI=1S/C22H28FN5OS/c1-4-6-16(11-15(2)12-23)27-21-20-17-8-10-28(19(29)7-5-9-24-3)13-18(17)30-22(20)26-14-25-21/h5-7,11,14,24H,4,8-10,12-13H2,1-3H3,(H,25,26,27)/b7-5+,15-11-,16-6+. The summed E-state index contributed by atoms with van der Waals surface area (Å²) < 4.78 is 13.0. The third-order valence-corrected chi connectivity index (χ3v) is 5.96. The maximum atomic E-state index is 13.0. The molecule has 160 valence electrons. The van der Waals surface area contributed by atoms with Crippen LogP contribution < -0.4 is 10.6 Å². The summed E-state index contributed by atoms with van der Waals surface area (Å²) in [6.45, 7) is 5.24. The van der Waals surface area contributed by atoms with Crippen molar-refractivity contribution in [3.63, 3.8) is 0 Å². The van der Waals surface area contributed by atoms with E-state index in [9.17, 15) is 9.18 Å². The van der Waals surface area contributed by atoms with E-state index < -0.39 is 6.67 Å². The van der Waals surface area contributed by atoms with Crippen molar-refractivity contribution in [3.8, 4) is 0 Å². The Morgan fingerprint density at radius 3 is 2.97 bits per heavy atom. The number of hydrogen-bond acceptors (Lipinski definition) is 6. The van der Waals surface area contributed by atoms with Gasteiger partial charge in [0.05, 0.1) is 11.9 Å². The van der Waals surface area contributed by atoms with Gasteiger partial charge in [-0.1, -0.05) is 19.1 Å². The van der Waals surface area contributed by atoms with Crippen LogP contribution in [0.15, 0.2) is 41.9 Å². The number of alkyl halides is 1. The molecule has 0 saturated carbocycles. The van der Waals surface area contributed by atoms with Crippen LogP contribution in [0.2, 0.25) is 0 Å². The highest BCUT2D eigenvalue weighted by Gasteiger charge is 2.25. The van der Waals surface area contributed by atoms with Crippen molar-refractivity contribution in [1.82, 2.24) is 20.2 Å². The molecular weight excluding hydrogens is 401 g/mol. The molecule has 6 nitrogen and oxygen atoms in total. The Morgan fingerprint density at radius 1 is 1.40 bits per heavy atom. The third-order valence-electron chi connectivity index (χ3n) is 4.83. The molecule has 2 aromatic rings. The quantitative estimate of drug-likeness (QED) is 0.491. The van der Waals surface area contributed by atoms with Crippen molar-refractivity contribution < 1.29 is 9.18 Å². The van der Waals surface area contributed by atoms with Crippen molar-refractivity contribution in [2.75, 3.05) is 32.1 Å². The van der Waals surface area contributed by atoms with Gasteiger partial charge in [0.25, 0.3) is 0 Å². The van der Waals surface area contributed by atoms with Crippen LogP contribution in [0.4, 0.5) is 10.2 Å². The molecule has 0 atom stereocenters. The molecule has 3 rings (SSSR count). The summed E-state index contributed by atoms with van der Waals surface area (Å²) in [4.78, 5) is 25.3. The average Bonchev–Trinajstić information content (AvgIpc) is 3.12. The lowest BCUT2D eigenvalue weighted by Gasteiger charge is -2.26. The highest BCUT2D eigenvalue weighted by molar-refractivity contribution is 7.19. The van der Waals surface area contributed by atoms with Gasteiger partial charge < -0.3 is 15.5 Å². The number of thiophene rings is 1. The first-order valence-electron chi connectivity index (χ1n) is 10.1. The van der Waals surface area contributed by atoms with Gasteiger partial charge in [-0.3, -0.25) is 4.79 Å². The Morgan fingerprint density at radius 2 is 2.23 bits per heavy atom. The summed E-state index contributed by atoms with van der Waals surface area (Å²) >= 11 is 1.61. The second-order valence-electron chi connectivity index (χ2n) is 7.19. The second-order valence-corrected chi connectivity index (χ2v) is 8.28. The van der Waals surface area contributed by atoms with E-state index >= 15 is 0 Å². The molecule has 1 aliphatic heterocycles. The van der Waals surface area contributed by atoms with Gasteiger partial charge in [0, 0.05) is 29.7 Å². The minimum Gasteiger partial charge on any atom is -0.340 e. The SMILES string of the molecule is CC/C=C(\C=C(\C)CF)Nc1ncnc2sc3c(c12)CCN(C(=O)/C=C/CNC)C3. The number of rotatable bonds is 8. The van der Waals surface area contributed by atoms with Crippen LogP contribution in [-0.2, 0) is 17.8 Å². The monoisotopic (exact) mass is 429 g/mol. The molecule has 0 aromatic carbocycles. The van der Waals surface area contributed by atoms with Gasteiger partial charge in [-0.15, -0.1) is 11.3 Å². The molecule has 1 aliphatic rings. The van der Waals surface area contributed by atoms with Crippen molar-refractivity contribution >= 4 is 33.3 Å². The van der Waals surface area contributed by atoms with Crippen molar-refractivity contribution in [1.29, 1.82) is 0 Å². The predicted molar refractivity (Wildman–Crippen MR) is 121 cm³/mol. The molecule has 0 spiro atoms. The van der Waals surface area contributed by atoms with Crippen LogP contribution in [0.3, 0.4) is 0 Å². The highest BCUT2D eigenvalue weighted by Crippen LogP contribution is 2.37. The molecule has 30 heavy (non-hydrogen) atoms. The van der Waals surface area contributed by atoms with E-state index in [0.29, 0.717) is 25.2 Å². The third kappa shape index (κ3) is 5.12. The largest absolute Gasteiger partial charge is 0.340 e. The van der Waals surface area contributed by atoms with Crippen molar-refractivity contribution in [2.24, 2.45) is 0 Å². The summed E-state index contributed by atoms with van der Waals surface area (Å²) in [7, 11) is 1.85. The van der Waals surface area contributed by atoms with E-state index in [1.807, 2.05) is 37.1 Å². The lowest BCUT2D eigenvalue weighted by Crippen LogP contribution is -2.34. The van der Waals surface area contributed by atoms with Gasteiger partial charge in [-0.05, 0) is 44.0 Å². The molecule has 8 heteroatoms. The van der Waals surface area contributed by atoms with Gasteiger partial charge in [-0.2, -0.15) is 0 Å². The fourth-order valence-corrected chi connectivity index (χ4v) is 4.60. The number of fused-ring (bicyclic) bond motifs is 3. The van der Waals surface area contributed by atoms with Gasteiger partial charge in [-0.25, -0.2) is 14.4 Å². The minimum atomic E-state index is -0.484. The minimum absolute atomic E-state index is 0.0257. The maximum absolute atomic E-state index is 13.0. The molecule has 2 N–H and O–H groups in total. The number of hydrogen-bond donors (Lipinski definition) is 2. The summed E-state index contributed by atoms with van der Waals surface area (Å²) in [5.41, 5.74) is 2.68. The van der Waals surface area contributed by atoms with Crippen LogP contribution in [-0.4, -0.2) is 47.6 Å². The number of aromatic nitrogens is 2. The van der Waals surface area contributed by atoms with Crippen LogP contribution in [0.1, 0.15) is 30.7 Å². The summed E-state index contributed by atoms with van der Waals surface area (Å²) in [6, 6.07) is 0. The maximum Gasteiger partial charge on any atom is 0.246 e. The lowest BCUT2D eigenvalue weighted by molar-refractivity contribution is -0.126. The van der Waals surface area contributed by atoms with E-state index in [1.54, 1.807) is 30.7 Å². The van der Waals surface area contributed by atoms with Crippen LogP contribution >= 0.6 is 11.3 Å². The number of carbonyl (C=O) groups is 1. The van der Waals surface area contributed by atoms with E-state index in [0.717, 1.165) is 39.5 Å². The van der Waals surface area contributed by atoms with E-state index in [2.05, 4.69) is 20.6 Å². The molecule has 0 radical (unpaired) electrons. The topological polar surface area (TPSA) is 70.2 Å². The molecule has 0 saturated heterocycles. The Hall–Kier alpha value is -2.58. The number of nitrogens with one attached hydrogen (secondary N) is 2. The summed E-state index contributed by atoms with van der Waals surface area (Å²) in [5.74, 6) is 0.756. The molecular formula is C22H28FN5OS. The number of likely N-dealkylation sites (N-methyl/N-ethyl adjacent to an activating group) is 1.